The molecule has 3 unspecified atom stereocenters. The number of aliphatic hydroxyl groups is 6. The molecule has 2 aliphatic heterocycles. The van der Waals surface area contributed by atoms with E-state index in [2.05, 4.69) is 16.0 Å². The molecule has 2 rings (SSSR count). The molecular formula is C40H71N3O19S. The van der Waals surface area contributed by atoms with E-state index in [9.17, 15) is 54.6 Å². The molecule has 9 N–H and O–H groups in total. The summed E-state index contributed by atoms with van der Waals surface area (Å²) < 4.78 is 43.7. The lowest BCUT2D eigenvalue weighted by molar-refractivity contribution is -0.330. The van der Waals surface area contributed by atoms with E-state index in [1.807, 2.05) is 27.7 Å². The average Bonchev–Trinajstić information content (AvgIpc) is 3.22. The predicted octanol–water partition coefficient (Wildman–Crippen LogP) is -2.80. The van der Waals surface area contributed by atoms with Gasteiger partial charge in [0, 0.05) is 51.4 Å². The minimum absolute atomic E-state index is 0.0333. The van der Waals surface area contributed by atoms with E-state index >= 15 is 0 Å². The number of aliphatic hydroxyl groups excluding tert-OH is 6. The van der Waals surface area contributed by atoms with Crippen LogP contribution < -0.4 is 16.0 Å². The van der Waals surface area contributed by atoms with Gasteiger partial charge in [-0.15, -0.1) is 0 Å². The largest absolute Gasteiger partial charge is 0.465 e. The number of nitrogens with one attached hydrogen (secondary N) is 3. The second-order valence-electron chi connectivity index (χ2n) is 16.3. The Morgan fingerprint density at radius 3 is 2.11 bits per heavy atom. The highest BCUT2D eigenvalue weighted by atomic mass is 32.2. The molecule has 366 valence electrons. The molecule has 11 atom stereocenters. The molecular weight excluding hydrogens is 859 g/mol. The van der Waals surface area contributed by atoms with E-state index in [-0.39, 0.29) is 43.6 Å². The molecule has 63 heavy (non-hydrogen) atoms. The van der Waals surface area contributed by atoms with E-state index in [1.54, 1.807) is 7.11 Å². The van der Waals surface area contributed by atoms with Gasteiger partial charge >= 0.3 is 11.9 Å². The third-order valence-corrected chi connectivity index (χ3v) is 11.8. The molecule has 2 aliphatic rings. The first-order chi connectivity index (χ1) is 29.7. The molecule has 2 fully saturated rings. The zero-order valence-corrected chi connectivity index (χ0v) is 38.3. The molecule has 0 saturated carbocycles. The molecule has 0 aromatic heterocycles. The van der Waals surface area contributed by atoms with Crippen LogP contribution in [0, 0.1) is 23.7 Å². The molecule has 0 spiro atoms. The summed E-state index contributed by atoms with van der Waals surface area (Å²) in [6, 6.07) is -1.61. The lowest BCUT2D eigenvalue weighted by atomic mass is 9.73. The van der Waals surface area contributed by atoms with Crippen molar-refractivity contribution in [2.45, 2.75) is 114 Å². The predicted molar refractivity (Wildman–Crippen MR) is 222 cm³/mol. The van der Waals surface area contributed by atoms with Gasteiger partial charge in [0.15, 0.2) is 0 Å². The van der Waals surface area contributed by atoms with Gasteiger partial charge in [-0.05, 0) is 11.8 Å². The highest BCUT2D eigenvalue weighted by Crippen LogP contribution is 2.42. The van der Waals surface area contributed by atoms with Gasteiger partial charge in [-0.25, -0.2) is 4.79 Å². The second kappa shape index (κ2) is 27.6. The van der Waals surface area contributed by atoms with Gasteiger partial charge in [-0.3, -0.25) is 19.2 Å². The van der Waals surface area contributed by atoms with Crippen LogP contribution >= 0.6 is 11.8 Å². The number of methoxy groups -OCH3 is 3. The number of rotatable bonds is 28. The lowest BCUT2D eigenvalue weighted by Gasteiger charge is -2.52. The Bertz CT molecular complexity index is 1420. The summed E-state index contributed by atoms with van der Waals surface area (Å²) >= 11 is 1.33. The first-order valence-electron chi connectivity index (χ1n) is 21.0. The second-order valence-corrected chi connectivity index (χ2v) is 17.4. The number of carbonyl (C=O) groups excluding carboxylic acids is 5. The maximum absolute atomic E-state index is 13.5. The van der Waals surface area contributed by atoms with E-state index < -0.39 is 128 Å². The fourth-order valence-corrected chi connectivity index (χ4v) is 8.95. The van der Waals surface area contributed by atoms with Crippen molar-refractivity contribution in [3.8, 4) is 0 Å². The van der Waals surface area contributed by atoms with E-state index in [1.165, 1.54) is 25.8 Å². The fraction of sp³-hybridized carbons (Fsp3) is 0.875. The SMILES string of the molecule is COCCOCCSCC(CC(=O)OCCOC)C(=O)NCC(=O)N[C@H]1C([C@H](O)[C@H](O)CO)O[C@@](OCC2O[C@@](NC(C)=O)(C(C(C)C)C(C)C)C[C@@H](O)[C@H]2O)(C(=O)OC)C[C@H]1O. The van der Waals surface area contributed by atoms with Crippen molar-refractivity contribution < 1.29 is 92.5 Å². The van der Waals surface area contributed by atoms with Crippen LogP contribution in [0.4, 0.5) is 0 Å². The molecule has 22 nitrogen and oxygen atoms in total. The zero-order chi connectivity index (χ0) is 47.5. The van der Waals surface area contributed by atoms with Gasteiger partial charge in [0.25, 0.3) is 5.79 Å². The van der Waals surface area contributed by atoms with Crippen LogP contribution in [0.1, 0.15) is 53.9 Å². The molecule has 23 heteroatoms. The number of ether oxygens (including phenoxy) is 8. The van der Waals surface area contributed by atoms with Crippen LogP contribution in [-0.2, 0) is 61.9 Å². The van der Waals surface area contributed by atoms with Crippen LogP contribution in [0.2, 0.25) is 0 Å². The summed E-state index contributed by atoms with van der Waals surface area (Å²) in [7, 11) is 3.95. The third kappa shape index (κ3) is 16.9. The molecule has 0 aliphatic carbocycles. The minimum atomic E-state index is -2.61. The number of hydrogen-bond acceptors (Lipinski definition) is 20. The molecule has 0 aromatic carbocycles. The van der Waals surface area contributed by atoms with Crippen LogP contribution in [0.5, 0.6) is 0 Å². The summed E-state index contributed by atoms with van der Waals surface area (Å²) in [6.07, 6.45) is -13.5. The van der Waals surface area contributed by atoms with E-state index in [4.69, 9.17) is 37.9 Å². The topological polar surface area (TPSA) is 317 Å². The first-order valence-corrected chi connectivity index (χ1v) is 22.1. The van der Waals surface area contributed by atoms with E-state index in [0.29, 0.717) is 25.6 Å². The van der Waals surface area contributed by atoms with Crippen molar-refractivity contribution in [3.63, 3.8) is 0 Å². The van der Waals surface area contributed by atoms with Crippen molar-refractivity contribution in [2.24, 2.45) is 23.7 Å². The summed E-state index contributed by atoms with van der Waals surface area (Å²) in [5.74, 6) is -7.51. The van der Waals surface area contributed by atoms with Gasteiger partial charge in [0.05, 0.1) is 83.9 Å². The smallest absolute Gasteiger partial charge is 0.366 e. The molecule has 2 heterocycles. The van der Waals surface area contributed by atoms with Crippen molar-refractivity contribution in [2.75, 3.05) is 85.6 Å². The van der Waals surface area contributed by atoms with Gasteiger partial charge < -0.3 is 84.5 Å². The number of amides is 3. The zero-order valence-electron chi connectivity index (χ0n) is 37.5. The fourth-order valence-electron chi connectivity index (χ4n) is 7.99. The van der Waals surface area contributed by atoms with Crippen molar-refractivity contribution in [1.82, 2.24) is 16.0 Å². The van der Waals surface area contributed by atoms with Crippen LogP contribution in [-0.4, -0.2) is 206 Å². The Balaban J connectivity index is 2.33. The standard InChI is InChI=1S/C40H71N3O19S/c1-22(2)32(23(3)4)39(43-24(5)45)16-27(47)34(51)29(61-39)20-60-40(38(54)57-8)17-26(46)33(36(62-40)35(52)28(48)19-44)42-30(49)18-41-37(53)25(15-31(50)59-12-10-56-7)21-63-14-13-58-11-9-55-6/h22-23,25-29,32-36,44,46-48,51-52H,9-21H2,1-8H3,(H,41,53)(H,42,49)(H,43,45)/t25?,26-,27-,28-,29?,33-,34-,35-,36?,39-,40-/m1/s1. The number of carbonyl (C=O) groups is 5. The highest BCUT2D eigenvalue weighted by molar-refractivity contribution is 7.99. The quantitative estimate of drug-likeness (QED) is 0.0283. The minimum Gasteiger partial charge on any atom is -0.465 e. The van der Waals surface area contributed by atoms with Crippen LogP contribution in [0.25, 0.3) is 0 Å². The third-order valence-electron chi connectivity index (χ3n) is 10.7. The Labute approximate surface area is 372 Å². The first kappa shape index (κ1) is 56.3. The van der Waals surface area contributed by atoms with Gasteiger partial charge in [-0.1, -0.05) is 27.7 Å². The summed E-state index contributed by atoms with van der Waals surface area (Å²) in [6.45, 7) is 7.70. The number of thioether (sulfide) groups is 1. The summed E-state index contributed by atoms with van der Waals surface area (Å²) in [5.41, 5.74) is -1.51. The summed E-state index contributed by atoms with van der Waals surface area (Å²) in [4.78, 5) is 65.2. The van der Waals surface area contributed by atoms with E-state index in [0.717, 1.165) is 7.11 Å². The number of esters is 2. The summed E-state index contributed by atoms with van der Waals surface area (Å²) in [5, 5.41) is 72.9. The Hall–Kier alpha value is -2.78. The molecule has 2 saturated heterocycles. The van der Waals surface area contributed by atoms with Gasteiger partial charge in [0.2, 0.25) is 17.7 Å². The normalized spacial score (nSPS) is 27.7. The van der Waals surface area contributed by atoms with Crippen molar-refractivity contribution in [3.05, 3.63) is 0 Å². The molecule has 3 amide bonds. The lowest BCUT2D eigenvalue weighted by Crippen LogP contribution is -2.70. The van der Waals surface area contributed by atoms with Crippen molar-refractivity contribution in [1.29, 1.82) is 0 Å². The van der Waals surface area contributed by atoms with Crippen LogP contribution in [0.3, 0.4) is 0 Å². The maximum Gasteiger partial charge on any atom is 0.366 e. The Morgan fingerprint density at radius 1 is 0.873 bits per heavy atom. The van der Waals surface area contributed by atoms with Crippen LogP contribution in [0.15, 0.2) is 0 Å². The monoisotopic (exact) mass is 929 g/mol. The van der Waals surface area contributed by atoms with Crippen molar-refractivity contribution >= 4 is 41.4 Å². The Kier molecular flexibility index (Phi) is 24.7. The molecule has 0 aromatic rings. The molecule has 0 bridgehead atoms. The maximum atomic E-state index is 13.5. The highest BCUT2D eigenvalue weighted by Gasteiger charge is 2.58. The molecule has 0 radical (unpaired) electrons. The van der Waals surface area contributed by atoms with Gasteiger partial charge in [-0.2, -0.15) is 11.8 Å². The van der Waals surface area contributed by atoms with Gasteiger partial charge in [0.1, 0.15) is 42.9 Å². The Morgan fingerprint density at radius 2 is 1.52 bits per heavy atom. The average molecular weight is 930 g/mol. The number of hydrogen-bond donors (Lipinski definition) is 9.